The van der Waals surface area contributed by atoms with Crippen LogP contribution < -0.4 is 29.6 Å². The van der Waals surface area contributed by atoms with Gasteiger partial charge in [-0.2, -0.15) is 0 Å². The van der Waals surface area contributed by atoms with E-state index in [0.29, 0.717) is 6.42 Å². The molecule has 0 saturated heterocycles. The molecule has 0 fully saturated rings. The molecule has 0 spiro atoms. The average molecular weight is 266 g/mol. The summed E-state index contributed by atoms with van der Waals surface area (Å²) in [5.74, 6) is 0. The fraction of sp³-hybridized carbons (Fsp3) is 0.455. The van der Waals surface area contributed by atoms with Crippen LogP contribution in [0.4, 0.5) is 0 Å². The third-order valence-electron chi connectivity index (χ3n) is 2.18. The molecule has 0 bridgehead atoms. The number of unbranched alkanes of at least 4 members (excludes halogenated alkanes) is 2. The fourth-order valence-corrected chi connectivity index (χ4v) is 1.74. The number of benzene rings is 1. The van der Waals surface area contributed by atoms with E-state index in [1.54, 1.807) is 0 Å². The van der Waals surface area contributed by atoms with Crippen LogP contribution in [0.25, 0.3) is 0 Å². The molecular weight excluding hydrogens is 251 g/mol. The zero-order chi connectivity index (χ0) is 11.9. The van der Waals surface area contributed by atoms with Crippen LogP contribution >= 0.6 is 0 Å². The third kappa shape index (κ3) is 9.76. The second kappa shape index (κ2) is 9.08. The van der Waals surface area contributed by atoms with Crippen LogP contribution in [0.3, 0.4) is 0 Å². The van der Waals surface area contributed by atoms with Crippen molar-refractivity contribution < 1.29 is 46.7 Å². The Balaban J connectivity index is 0.00000256. The molecule has 0 N–H and O–H groups in total. The molecule has 4 nitrogen and oxygen atoms in total. The van der Waals surface area contributed by atoms with Crippen LogP contribution in [0.1, 0.15) is 24.8 Å². The Hall–Kier alpha value is 0.0900. The van der Waals surface area contributed by atoms with Gasteiger partial charge < -0.3 is 4.55 Å². The number of aryl methyl sites for hydroxylation is 1. The van der Waals surface area contributed by atoms with E-state index in [9.17, 15) is 13.0 Å². The molecule has 90 valence electrons. The maximum Gasteiger partial charge on any atom is 1.00 e. The van der Waals surface area contributed by atoms with E-state index in [4.69, 9.17) is 0 Å². The van der Waals surface area contributed by atoms with E-state index >= 15 is 0 Å². The summed E-state index contributed by atoms with van der Waals surface area (Å²) < 4.78 is 34.4. The summed E-state index contributed by atoms with van der Waals surface area (Å²) in [5, 5.41) is 0. The third-order valence-corrected chi connectivity index (χ3v) is 2.64. The largest absolute Gasteiger partial charge is 1.00 e. The quantitative estimate of drug-likeness (QED) is 0.271. The zero-order valence-electron chi connectivity index (χ0n) is 9.96. The molecule has 0 aliphatic carbocycles. The molecule has 0 aliphatic rings. The predicted molar refractivity (Wildman–Crippen MR) is 59.6 cm³/mol. The summed E-state index contributed by atoms with van der Waals surface area (Å²) in [7, 11) is -4.51. The number of hydrogen-bond donors (Lipinski definition) is 0. The topological polar surface area (TPSA) is 66.4 Å². The van der Waals surface area contributed by atoms with Crippen molar-refractivity contribution in [3.63, 3.8) is 0 Å². The Morgan fingerprint density at radius 2 is 1.71 bits per heavy atom. The molecule has 1 aromatic rings. The van der Waals surface area contributed by atoms with Gasteiger partial charge in [-0.3, -0.25) is 4.18 Å². The van der Waals surface area contributed by atoms with E-state index in [1.807, 2.05) is 18.2 Å². The second-order valence-corrected chi connectivity index (χ2v) is 4.58. The average Bonchev–Trinajstić information content (AvgIpc) is 2.23. The van der Waals surface area contributed by atoms with Crippen molar-refractivity contribution in [3.05, 3.63) is 35.9 Å². The molecule has 0 aromatic heterocycles. The van der Waals surface area contributed by atoms with Gasteiger partial charge in [0, 0.05) is 0 Å². The molecule has 1 aromatic carbocycles. The molecule has 0 aliphatic heterocycles. The Labute approximate surface area is 125 Å². The summed E-state index contributed by atoms with van der Waals surface area (Å²) in [6.45, 7) is -0.0133. The van der Waals surface area contributed by atoms with Crippen LogP contribution in [-0.2, 0) is 21.0 Å². The van der Waals surface area contributed by atoms with Gasteiger partial charge in [0.05, 0.1) is 6.61 Å². The van der Waals surface area contributed by atoms with Crippen molar-refractivity contribution in [1.82, 2.24) is 0 Å². The van der Waals surface area contributed by atoms with E-state index in [-0.39, 0.29) is 36.2 Å². The first-order chi connectivity index (χ1) is 7.58. The van der Waals surface area contributed by atoms with Gasteiger partial charge in [-0.25, -0.2) is 8.42 Å². The minimum absolute atomic E-state index is 0. The van der Waals surface area contributed by atoms with E-state index in [0.717, 1.165) is 19.3 Å². The summed E-state index contributed by atoms with van der Waals surface area (Å²) in [5.41, 5.74) is 1.26. The van der Waals surface area contributed by atoms with E-state index in [2.05, 4.69) is 16.3 Å². The molecule has 0 amide bonds. The summed E-state index contributed by atoms with van der Waals surface area (Å²) in [4.78, 5) is 0. The number of rotatable bonds is 7. The van der Waals surface area contributed by atoms with Crippen molar-refractivity contribution in [2.24, 2.45) is 0 Å². The summed E-state index contributed by atoms with van der Waals surface area (Å²) in [6.07, 6.45) is 3.37. The monoisotopic (exact) mass is 266 g/mol. The van der Waals surface area contributed by atoms with Crippen molar-refractivity contribution in [2.45, 2.75) is 25.7 Å². The Morgan fingerprint density at radius 3 is 2.29 bits per heavy atom. The summed E-state index contributed by atoms with van der Waals surface area (Å²) >= 11 is 0. The molecule has 0 unspecified atom stereocenters. The smallest absolute Gasteiger partial charge is 0.726 e. The maximum atomic E-state index is 10.1. The first kappa shape index (κ1) is 17.1. The molecule has 1 rings (SSSR count). The van der Waals surface area contributed by atoms with Gasteiger partial charge in [0.2, 0.25) is 10.4 Å². The van der Waals surface area contributed by atoms with Gasteiger partial charge in [0.1, 0.15) is 0 Å². The standard InChI is InChI=1S/C11H16O4S.Na/c12-16(13,14)15-10-6-2-5-9-11-7-3-1-4-8-11;/h1,3-4,7-8H,2,5-6,9-10H2,(H,12,13,14);/q;+1/p-1. The van der Waals surface area contributed by atoms with Crippen LogP contribution in [-0.4, -0.2) is 19.6 Å². The number of hydrogen-bond acceptors (Lipinski definition) is 4. The molecule has 17 heavy (non-hydrogen) atoms. The normalized spacial score (nSPS) is 10.9. The van der Waals surface area contributed by atoms with Crippen LogP contribution in [0.15, 0.2) is 30.3 Å². The van der Waals surface area contributed by atoms with E-state index < -0.39 is 10.4 Å². The molecule has 0 radical (unpaired) electrons. The minimum atomic E-state index is -4.51. The van der Waals surface area contributed by atoms with Crippen LogP contribution in [0, 0.1) is 0 Å². The van der Waals surface area contributed by atoms with Crippen molar-refractivity contribution in [2.75, 3.05) is 6.61 Å². The van der Waals surface area contributed by atoms with Gasteiger partial charge in [-0.1, -0.05) is 36.8 Å². The molecule has 0 heterocycles. The zero-order valence-corrected chi connectivity index (χ0v) is 12.8. The van der Waals surface area contributed by atoms with Gasteiger partial charge in [0.25, 0.3) is 0 Å². The molecule has 6 heteroatoms. The van der Waals surface area contributed by atoms with Gasteiger partial charge in [-0.05, 0) is 24.8 Å². The Bertz CT molecular complexity index is 391. The van der Waals surface area contributed by atoms with Crippen molar-refractivity contribution in [1.29, 1.82) is 0 Å². The maximum absolute atomic E-state index is 10.1. The Morgan fingerprint density at radius 1 is 1.06 bits per heavy atom. The first-order valence-electron chi connectivity index (χ1n) is 5.22. The van der Waals surface area contributed by atoms with E-state index in [1.165, 1.54) is 5.56 Å². The molecule has 0 saturated carbocycles. The Kier molecular flexibility index (Phi) is 9.13. The van der Waals surface area contributed by atoms with Crippen LogP contribution in [0.5, 0.6) is 0 Å². The van der Waals surface area contributed by atoms with Gasteiger partial charge in [0.15, 0.2) is 0 Å². The predicted octanol–water partition coefficient (Wildman–Crippen LogP) is -1.12. The SMILES string of the molecule is O=S(=O)([O-])OCCCCCc1ccccc1.[Na+]. The fourth-order valence-electron chi connectivity index (χ4n) is 1.41. The molecular formula is C11H15NaO4S. The van der Waals surface area contributed by atoms with Crippen molar-refractivity contribution in [3.8, 4) is 0 Å². The minimum Gasteiger partial charge on any atom is -0.726 e. The van der Waals surface area contributed by atoms with Gasteiger partial charge in [-0.15, -0.1) is 0 Å². The first-order valence-corrected chi connectivity index (χ1v) is 6.55. The summed E-state index contributed by atoms with van der Waals surface area (Å²) in [6, 6.07) is 10.1. The van der Waals surface area contributed by atoms with Crippen LogP contribution in [0.2, 0.25) is 0 Å². The van der Waals surface area contributed by atoms with Crippen molar-refractivity contribution >= 4 is 10.4 Å². The van der Waals surface area contributed by atoms with Gasteiger partial charge >= 0.3 is 29.6 Å². The second-order valence-electron chi connectivity index (χ2n) is 3.53. The molecule has 0 atom stereocenters.